The molecule has 10 rings (SSSR count). The summed E-state index contributed by atoms with van der Waals surface area (Å²) in [6, 6.07) is 57.9. The largest absolute Gasteiger partial charge is 0.455 e. The number of hydrogen-bond donors (Lipinski definition) is 0. The van der Waals surface area contributed by atoms with Gasteiger partial charge in [-0.2, -0.15) is 0 Å². The minimum absolute atomic E-state index is 0.100. The first-order valence-corrected chi connectivity index (χ1v) is 17.4. The molecule has 0 aliphatic carbocycles. The Morgan fingerprint density at radius 3 is 1.83 bits per heavy atom. The molecular formula is C50H33NO. The molecule has 2 heteroatoms. The summed E-state index contributed by atoms with van der Waals surface area (Å²) < 4.78 is 44.7. The van der Waals surface area contributed by atoms with Gasteiger partial charge in [-0.15, -0.1) is 0 Å². The van der Waals surface area contributed by atoms with Crippen LogP contribution in [0.25, 0.3) is 76.9 Å². The van der Waals surface area contributed by atoms with Crippen LogP contribution < -0.4 is 4.90 Å². The van der Waals surface area contributed by atoms with Crippen LogP contribution in [0.3, 0.4) is 0 Å². The zero-order valence-electron chi connectivity index (χ0n) is 32.1. The highest BCUT2D eigenvalue weighted by Gasteiger charge is 2.19. The van der Waals surface area contributed by atoms with E-state index in [4.69, 9.17) is 4.42 Å². The van der Waals surface area contributed by atoms with E-state index in [2.05, 4.69) is 54.6 Å². The van der Waals surface area contributed by atoms with E-state index >= 15 is 0 Å². The number of rotatable bonds is 6. The minimum atomic E-state index is -0.129. The standard InChI is InChI=1S/C50H33NO/c1-2-11-34(12-3-1)35-21-27-40(28-22-35)51(41-29-23-38(24-30-41)43-19-10-15-36-13-4-6-16-42(36)43)48-20-9-8-17-44(48)39-26-31-46-47-32-25-37-14-5-7-18-45(37)50(47)52-49(46)33-39/h1-33H/i23D,24D,29D,30D. The SMILES string of the molecule is [2H]c1c([2H])c(N(c2ccc(-c3ccccc3)cc2)c2ccccc2-c2ccc3c(c2)oc2c4ccccc4ccc32)c([2H])c([2H])c1-c1cccc2ccccc12. The van der Waals surface area contributed by atoms with Gasteiger partial charge in [0.05, 0.1) is 11.2 Å². The second-order valence-electron chi connectivity index (χ2n) is 13.0. The Labute approximate surface area is 308 Å². The van der Waals surface area contributed by atoms with Crippen molar-refractivity contribution in [2.75, 3.05) is 4.90 Å². The molecule has 0 saturated heterocycles. The Kier molecular flexibility index (Phi) is 6.22. The van der Waals surface area contributed by atoms with E-state index in [1.807, 2.05) is 126 Å². The molecule has 10 aromatic rings. The van der Waals surface area contributed by atoms with Crippen molar-refractivity contribution in [1.82, 2.24) is 0 Å². The Balaban J connectivity index is 1.19. The zero-order chi connectivity index (χ0) is 37.9. The van der Waals surface area contributed by atoms with Gasteiger partial charge in [0.2, 0.25) is 0 Å². The van der Waals surface area contributed by atoms with Gasteiger partial charge in [0.25, 0.3) is 0 Å². The third kappa shape index (κ3) is 5.12. The molecule has 1 heterocycles. The Hall–Kier alpha value is -6.90. The van der Waals surface area contributed by atoms with Crippen molar-refractivity contribution in [3.63, 3.8) is 0 Å². The van der Waals surface area contributed by atoms with Crippen LogP contribution in [0.2, 0.25) is 0 Å². The highest BCUT2D eigenvalue weighted by molar-refractivity contribution is 6.15. The number of furan rings is 1. The number of para-hydroxylation sites is 1. The van der Waals surface area contributed by atoms with Crippen LogP contribution in [0.15, 0.2) is 205 Å². The van der Waals surface area contributed by atoms with Crippen molar-refractivity contribution in [3.8, 4) is 33.4 Å². The first-order valence-electron chi connectivity index (χ1n) is 19.4. The summed E-state index contributed by atoms with van der Waals surface area (Å²) in [5.74, 6) is 0. The summed E-state index contributed by atoms with van der Waals surface area (Å²) >= 11 is 0. The van der Waals surface area contributed by atoms with Gasteiger partial charge in [-0.05, 0) is 92.5 Å². The lowest BCUT2D eigenvalue weighted by Crippen LogP contribution is -2.11. The maximum absolute atomic E-state index is 9.60. The summed E-state index contributed by atoms with van der Waals surface area (Å²) in [6.07, 6.45) is 0. The smallest absolute Gasteiger partial charge is 0.143 e. The average Bonchev–Trinajstić information content (AvgIpc) is 3.64. The van der Waals surface area contributed by atoms with E-state index < -0.39 is 0 Å². The second-order valence-corrected chi connectivity index (χ2v) is 13.0. The minimum Gasteiger partial charge on any atom is -0.455 e. The fraction of sp³-hybridized carbons (Fsp3) is 0. The van der Waals surface area contributed by atoms with Crippen LogP contribution in [0.1, 0.15) is 5.48 Å². The zero-order valence-corrected chi connectivity index (χ0v) is 28.1. The van der Waals surface area contributed by atoms with Crippen molar-refractivity contribution in [3.05, 3.63) is 200 Å². The van der Waals surface area contributed by atoms with Gasteiger partial charge in [-0.1, -0.05) is 152 Å². The van der Waals surface area contributed by atoms with Gasteiger partial charge in [-0.25, -0.2) is 0 Å². The van der Waals surface area contributed by atoms with Crippen LogP contribution >= 0.6 is 0 Å². The topological polar surface area (TPSA) is 16.4 Å². The molecule has 0 bridgehead atoms. The van der Waals surface area contributed by atoms with Crippen molar-refractivity contribution < 1.29 is 9.90 Å². The van der Waals surface area contributed by atoms with Crippen LogP contribution in [-0.2, 0) is 0 Å². The molecule has 0 fully saturated rings. The van der Waals surface area contributed by atoms with Crippen molar-refractivity contribution >= 4 is 60.5 Å². The summed E-state index contributed by atoms with van der Waals surface area (Å²) in [6.45, 7) is 0. The summed E-state index contributed by atoms with van der Waals surface area (Å²) in [5.41, 5.74) is 7.95. The van der Waals surface area contributed by atoms with E-state index in [1.165, 1.54) is 0 Å². The molecule has 0 spiro atoms. The third-order valence-corrected chi connectivity index (χ3v) is 9.95. The fourth-order valence-corrected chi connectivity index (χ4v) is 7.40. The maximum Gasteiger partial charge on any atom is 0.143 e. The van der Waals surface area contributed by atoms with Crippen LogP contribution in [-0.4, -0.2) is 0 Å². The monoisotopic (exact) mass is 667 g/mol. The van der Waals surface area contributed by atoms with E-state index in [9.17, 15) is 5.48 Å². The molecule has 9 aromatic carbocycles. The predicted molar refractivity (Wildman–Crippen MR) is 220 cm³/mol. The molecule has 0 aliphatic rings. The number of anilines is 3. The van der Waals surface area contributed by atoms with E-state index in [0.717, 1.165) is 65.7 Å². The Bertz CT molecular complexity index is 3100. The van der Waals surface area contributed by atoms with Crippen molar-refractivity contribution in [2.24, 2.45) is 0 Å². The van der Waals surface area contributed by atoms with E-state index in [-0.39, 0.29) is 35.4 Å². The fourth-order valence-electron chi connectivity index (χ4n) is 7.40. The molecule has 0 saturated carbocycles. The summed E-state index contributed by atoms with van der Waals surface area (Å²) in [4.78, 5) is 1.87. The highest BCUT2D eigenvalue weighted by Crippen LogP contribution is 2.44. The normalized spacial score (nSPS) is 12.5. The Morgan fingerprint density at radius 1 is 0.385 bits per heavy atom. The van der Waals surface area contributed by atoms with Crippen LogP contribution in [0, 0.1) is 0 Å². The molecule has 0 atom stereocenters. The molecule has 0 aliphatic heterocycles. The molecule has 52 heavy (non-hydrogen) atoms. The Morgan fingerprint density at radius 2 is 1.00 bits per heavy atom. The lowest BCUT2D eigenvalue weighted by Gasteiger charge is -2.28. The van der Waals surface area contributed by atoms with E-state index in [1.54, 1.807) is 0 Å². The maximum atomic E-state index is 9.60. The number of fused-ring (bicyclic) bond motifs is 6. The third-order valence-electron chi connectivity index (χ3n) is 9.95. The molecule has 244 valence electrons. The van der Waals surface area contributed by atoms with Gasteiger partial charge in [0, 0.05) is 33.1 Å². The summed E-state index contributed by atoms with van der Waals surface area (Å²) in [5, 5.41) is 6.08. The first kappa shape index (κ1) is 26.0. The predicted octanol–water partition coefficient (Wildman–Crippen LogP) is 14.4. The van der Waals surface area contributed by atoms with Crippen LogP contribution in [0.5, 0.6) is 0 Å². The highest BCUT2D eigenvalue weighted by atomic mass is 16.3. The average molecular weight is 668 g/mol. The second kappa shape index (κ2) is 12.5. The lowest BCUT2D eigenvalue weighted by atomic mass is 9.97. The number of nitrogens with zero attached hydrogens (tertiary/aromatic N) is 1. The van der Waals surface area contributed by atoms with Crippen LogP contribution in [0.4, 0.5) is 17.1 Å². The molecular weight excluding hydrogens is 631 g/mol. The van der Waals surface area contributed by atoms with Gasteiger partial charge >= 0.3 is 0 Å². The summed E-state index contributed by atoms with van der Waals surface area (Å²) in [7, 11) is 0. The van der Waals surface area contributed by atoms with Crippen molar-refractivity contribution in [1.29, 1.82) is 0 Å². The molecule has 0 radical (unpaired) electrons. The molecule has 0 N–H and O–H groups in total. The first-order chi connectivity index (χ1) is 27.5. The number of benzene rings is 9. The van der Waals surface area contributed by atoms with Gasteiger partial charge < -0.3 is 9.32 Å². The molecule has 0 unspecified atom stereocenters. The number of hydrogen-bond acceptors (Lipinski definition) is 2. The van der Waals surface area contributed by atoms with E-state index in [0.29, 0.717) is 16.9 Å². The molecule has 2 nitrogen and oxygen atoms in total. The lowest BCUT2D eigenvalue weighted by molar-refractivity contribution is 0.673. The van der Waals surface area contributed by atoms with Gasteiger partial charge in [0.15, 0.2) is 0 Å². The van der Waals surface area contributed by atoms with Crippen molar-refractivity contribution in [2.45, 2.75) is 0 Å². The quantitative estimate of drug-likeness (QED) is 0.175. The van der Waals surface area contributed by atoms with Gasteiger partial charge in [0.1, 0.15) is 11.2 Å². The molecule has 1 aromatic heterocycles. The molecule has 0 amide bonds. The van der Waals surface area contributed by atoms with Gasteiger partial charge in [-0.3, -0.25) is 0 Å².